The molecule has 1 aromatic heterocycles. The largest absolute Gasteiger partial charge is 0.334 e. The zero-order valence-corrected chi connectivity index (χ0v) is 12.5. The van der Waals surface area contributed by atoms with Gasteiger partial charge in [0.2, 0.25) is 0 Å². The molecule has 0 spiro atoms. The average Bonchev–Trinajstić information content (AvgIpc) is 2.42. The molecule has 0 saturated carbocycles. The molecule has 2 rings (SSSR count). The number of carbonyl (C=O) groups excluding carboxylic acids is 1. The predicted molar refractivity (Wildman–Crippen MR) is 77.8 cm³/mol. The van der Waals surface area contributed by atoms with Crippen LogP contribution in [0.25, 0.3) is 0 Å². The summed E-state index contributed by atoms with van der Waals surface area (Å²) in [6, 6.07) is 3.53. The summed E-state index contributed by atoms with van der Waals surface area (Å²) < 4.78 is 0. The molecule has 1 atom stereocenters. The molecule has 1 saturated heterocycles. The van der Waals surface area contributed by atoms with E-state index < -0.39 is 0 Å². The van der Waals surface area contributed by atoms with Crippen molar-refractivity contribution < 1.29 is 4.79 Å². The van der Waals surface area contributed by atoms with Crippen LogP contribution < -0.4 is 0 Å². The highest BCUT2D eigenvalue weighted by atomic mass is 35.5. The molecule has 19 heavy (non-hydrogen) atoms. The van der Waals surface area contributed by atoms with Crippen LogP contribution in [0.4, 0.5) is 0 Å². The molecule has 0 aliphatic carbocycles. The number of hydrogen-bond donors (Lipinski definition) is 0. The Morgan fingerprint density at radius 2 is 2.21 bits per heavy atom. The number of amides is 1. The van der Waals surface area contributed by atoms with Crippen LogP contribution in [0.15, 0.2) is 12.1 Å². The first kappa shape index (κ1) is 14.6. The van der Waals surface area contributed by atoms with Gasteiger partial charge in [0.05, 0.1) is 5.02 Å². The van der Waals surface area contributed by atoms with Gasteiger partial charge in [0.1, 0.15) is 10.8 Å². The first-order chi connectivity index (χ1) is 9.13. The van der Waals surface area contributed by atoms with Gasteiger partial charge in [0.15, 0.2) is 0 Å². The summed E-state index contributed by atoms with van der Waals surface area (Å²) in [5, 5.41) is 0.673. The van der Waals surface area contributed by atoms with Crippen LogP contribution in [-0.2, 0) is 0 Å². The van der Waals surface area contributed by atoms with Gasteiger partial charge in [-0.15, -0.1) is 0 Å². The first-order valence-electron chi connectivity index (χ1n) is 6.76. The van der Waals surface area contributed by atoms with Crippen LogP contribution in [0.2, 0.25) is 10.2 Å². The van der Waals surface area contributed by atoms with E-state index in [2.05, 4.69) is 11.9 Å². The van der Waals surface area contributed by atoms with E-state index in [0.717, 1.165) is 32.2 Å². The second-order valence-corrected chi connectivity index (χ2v) is 5.70. The van der Waals surface area contributed by atoms with Crippen molar-refractivity contribution in [3.8, 4) is 0 Å². The van der Waals surface area contributed by atoms with Crippen molar-refractivity contribution in [3.05, 3.63) is 28.0 Å². The zero-order chi connectivity index (χ0) is 13.8. The monoisotopic (exact) mass is 300 g/mol. The minimum Gasteiger partial charge on any atom is -0.334 e. The van der Waals surface area contributed by atoms with Gasteiger partial charge in [-0.3, -0.25) is 4.79 Å². The Morgan fingerprint density at radius 3 is 2.95 bits per heavy atom. The fourth-order valence-electron chi connectivity index (χ4n) is 2.61. The molecule has 1 aliphatic rings. The van der Waals surface area contributed by atoms with E-state index in [1.165, 1.54) is 6.42 Å². The van der Waals surface area contributed by atoms with Crippen LogP contribution in [0.3, 0.4) is 0 Å². The highest BCUT2D eigenvalue weighted by Crippen LogP contribution is 2.25. The van der Waals surface area contributed by atoms with E-state index in [9.17, 15) is 4.79 Å². The maximum absolute atomic E-state index is 12.6. The SMILES string of the molecule is CCCC1CCCCN1C(=O)c1nc(Cl)ccc1Cl. The Balaban J connectivity index is 2.23. The fraction of sp³-hybridized carbons (Fsp3) is 0.571. The van der Waals surface area contributed by atoms with Gasteiger partial charge in [0, 0.05) is 12.6 Å². The number of piperidine rings is 1. The summed E-state index contributed by atoms with van der Waals surface area (Å²) in [6.07, 6.45) is 5.40. The van der Waals surface area contributed by atoms with Gasteiger partial charge in [-0.05, 0) is 37.8 Å². The lowest BCUT2D eigenvalue weighted by Gasteiger charge is -2.35. The number of likely N-dealkylation sites (tertiary alicyclic amines) is 1. The fourth-order valence-corrected chi connectivity index (χ4v) is 2.94. The van der Waals surface area contributed by atoms with Gasteiger partial charge < -0.3 is 4.90 Å². The van der Waals surface area contributed by atoms with Crippen molar-refractivity contribution in [2.24, 2.45) is 0 Å². The third-order valence-electron chi connectivity index (χ3n) is 3.52. The molecule has 0 N–H and O–H groups in total. The molecule has 3 nitrogen and oxygen atoms in total. The second kappa shape index (κ2) is 6.58. The molecule has 1 fully saturated rings. The molecule has 0 bridgehead atoms. The molecular formula is C14H18Cl2N2O. The lowest BCUT2D eigenvalue weighted by atomic mass is 9.98. The summed E-state index contributed by atoms with van der Waals surface area (Å²) in [6.45, 7) is 2.93. The lowest BCUT2D eigenvalue weighted by molar-refractivity contribution is 0.0595. The molecule has 2 heterocycles. The van der Waals surface area contributed by atoms with Gasteiger partial charge >= 0.3 is 0 Å². The molecule has 104 valence electrons. The highest BCUT2D eigenvalue weighted by molar-refractivity contribution is 6.34. The van der Waals surface area contributed by atoms with Crippen molar-refractivity contribution in [2.45, 2.75) is 45.1 Å². The van der Waals surface area contributed by atoms with Crippen LogP contribution in [-0.4, -0.2) is 28.4 Å². The Morgan fingerprint density at radius 1 is 1.42 bits per heavy atom. The number of rotatable bonds is 3. The lowest BCUT2D eigenvalue weighted by Crippen LogP contribution is -2.44. The summed E-state index contributed by atoms with van der Waals surface area (Å²) >= 11 is 11.9. The molecular weight excluding hydrogens is 283 g/mol. The van der Waals surface area contributed by atoms with Crippen molar-refractivity contribution in [1.29, 1.82) is 0 Å². The quantitative estimate of drug-likeness (QED) is 0.785. The summed E-state index contributed by atoms with van der Waals surface area (Å²) in [7, 11) is 0. The third kappa shape index (κ3) is 3.40. The molecule has 1 aromatic rings. The van der Waals surface area contributed by atoms with E-state index in [-0.39, 0.29) is 11.6 Å². The minimum absolute atomic E-state index is 0.0920. The maximum Gasteiger partial charge on any atom is 0.274 e. The Bertz CT molecular complexity index is 463. The highest BCUT2D eigenvalue weighted by Gasteiger charge is 2.28. The predicted octanol–water partition coefficient (Wildman–Crippen LogP) is 4.18. The summed E-state index contributed by atoms with van der Waals surface area (Å²) in [5.74, 6) is -0.0920. The normalized spacial score (nSPS) is 19.5. The smallest absolute Gasteiger partial charge is 0.274 e. The Kier molecular flexibility index (Phi) is 5.06. The third-order valence-corrected chi connectivity index (χ3v) is 4.04. The van der Waals surface area contributed by atoms with Gasteiger partial charge in [-0.2, -0.15) is 0 Å². The number of nitrogens with zero attached hydrogens (tertiary/aromatic N) is 2. The molecule has 1 aliphatic heterocycles. The molecule has 1 unspecified atom stereocenters. The molecule has 1 amide bonds. The van der Waals surface area contributed by atoms with Gasteiger partial charge in [-0.1, -0.05) is 36.5 Å². The number of carbonyl (C=O) groups is 1. The van der Waals surface area contributed by atoms with Crippen molar-refractivity contribution in [1.82, 2.24) is 9.88 Å². The van der Waals surface area contributed by atoms with Crippen molar-refractivity contribution >= 4 is 29.1 Å². The Hall–Kier alpha value is -0.800. The Labute approximate surface area is 123 Å². The van der Waals surface area contributed by atoms with E-state index in [4.69, 9.17) is 23.2 Å². The van der Waals surface area contributed by atoms with Gasteiger partial charge in [-0.25, -0.2) is 4.98 Å². The number of aromatic nitrogens is 1. The van der Waals surface area contributed by atoms with Crippen LogP contribution in [0.5, 0.6) is 0 Å². The average molecular weight is 301 g/mol. The van der Waals surface area contributed by atoms with Crippen LogP contribution in [0, 0.1) is 0 Å². The number of halogens is 2. The summed E-state index contributed by atoms with van der Waals surface area (Å²) in [4.78, 5) is 18.6. The van der Waals surface area contributed by atoms with E-state index >= 15 is 0 Å². The second-order valence-electron chi connectivity index (χ2n) is 4.90. The van der Waals surface area contributed by atoms with Crippen LogP contribution in [0.1, 0.15) is 49.5 Å². The molecule has 0 radical (unpaired) electrons. The number of pyridine rings is 1. The maximum atomic E-state index is 12.6. The topological polar surface area (TPSA) is 33.2 Å². The van der Waals surface area contributed by atoms with E-state index in [1.807, 2.05) is 4.90 Å². The standard InChI is InChI=1S/C14H18Cl2N2O/c1-2-5-10-6-3-4-9-18(10)14(19)13-11(15)7-8-12(16)17-13/h7-8,10H,2-6,9H2,1H3. The summed E-state index contributed by atoms with van der Waals surface area (Å²) in [5.41, 5.74) is 0.275. The molecule has 5 heteroatoms. The zero-order valence-electron chi connectivity index (χ0n) is 11.0. The van der Waals surface area contributed by atoms with Gasteiger partial charge in [0.25, 0.3) is 5.91 Å². The van der Waals surface area contributed by atoms with E-state index in [1.54, 1.807) is 12.1 Å². The first-order valence-corrected chi connectivity index (χ1v) is 7.52. The minimum atomic E-state index is -0.0920. The van der Waals surface area contributed by atoms with Crippen molar-refractivity contribution in [3.63, 3.8) is 0 Å². The van der Waals surface area contributed by atoms with E-state index in [0.29, 0.717) is 16.2 Å². The molecule has 0 aromatic carbocycles. The van der Waals surface area contributed by atoms with Crippen molar-refractivity contribution in [2.75, 3.05) is 6.54 Å². The van der Waals surface area contributed by atoms with Crippen LogP contribution >= 0.6 is 23.2 Å². The number of hydrogen-bond acceptors (Lipinski definition) is 2.